The van der Waals surface area contributed by atoms with Gasteiger partial charge in [-0.15, -0.1) is 0 Å². The molecule has 0 bridgehead atoms. The summed E-state index contributed by atoms with van der Waals surface area (Å²) in [4.78, 5) is 0. The average Bonchev–Trinajstić information content (AvgIpc) is 0. The molecular formula is H12ClIrN6-4. The van der Waals surface area contributed by atoms with Crippen LogP contribution in [0.3, 0.4) is 0 Å². The van der Waals surface area contributed by atoms with Gasteiger partial charge in [0, 0.05) is 0 Å². The van der Waals surface area contributed by atoms with E-state index in [1.54, 1.807) is 0 Å². The van der Waals surface area contributed by atoms with E-state index in [-0.39, 0.29) is 69.4 Å². The zero-order chi connectivity index (χ0) is 0. The van der Waals surface area contributed by atoms with E-state index in [1.807, 2.05) is 0 Å². The Bertz CT molecular complexity index is 8.49. The third kappa shape index (κ3) is 445. The molecule has 0 aliphatic heterocycles. The quantitative estimate of drug-likeness (QED) is 0.618. The Kier molecular flexibility index (Phi) is 93100. The molecule has 0 aromatic heterocycles. The first-order valence-corrected chi connectivity index (χ1v) is 0. The molecule has 0 rings (SSSR count). The maximum atomic E-state index is 0. The predicted octanol–water partition coefficient (Wildman–Crippen LogP) is 1.30. The summed E-state index contributed by atoms with van der Waals surface area (Å²) in [6, 6.07) is 0. The largest absolute Gasteiger partial charge is 3.00 e. The molecule has 12 N–H and O–H groups in total. The van der Waals surface area contributed by atoms with Gasteiger partial charge in [0.05, 0.1) is 0 Å². The van der Waals surface area contributed by atoms with Gasteiger partial charge in [0.2, 0.25) is 0 Å². The summed E-state index contributed by atoms with van der Waals surface area (Å²) >= 11 is 0. The number of hydrogen-bond donors (Lipinski definition) is 0. The first-order valence-electron chi connectivity index (χ1n) is 0. The smallest absolute Gasteiger partial charge is 1.00 e. The van der Waals surface area contributed by atoms with Crippen LogP contribution in [0.5, 0.6) is 0 Å². The summed E-state index contributed by atoms with van der Waals surface area (Å²) in [5, 5.41) is 0. The van der Waals surface area contributed by atoms with Gasteiger partial charge in [0.15, 0.2) is 0 Å². The number of rotatable bonds is 0. The average molecular weight is 324 g/mol. The first kappa shape index (κ1) is 1050. The molecule has 0 spiro atoms. The molecule has 6 nitrogen and oxygen atoms in total. The molecule has 0 atom stereocenters. The fourth-order valence-corrected chi connectivity index (χ4v) is 0. The maximum Gasteiger partial charge on any atom is 3.00 e. The maximum absolute atomic E-state index is 0. The molecule has 62 valence electrons. The number of hydrogen-bond acceptors (Lipinski definition) is 0. The van der Waals surface area contributed by atoms with Crippen molar-refractivity contribution in [2.24, 2.45) is 0 Å². The second-order valence-corrected chi connectivity index (χ2v) is 0. The van der Waals surface area contributed by atoms with Gasteiger partial charge in [-0.05, 0) is 0 Å². The van der Waals surface area contributed by atoms with Gasteiger partial charge in [-0.2, -0.15) is 0 Å². The summed E-state index contributed by atoms with van der Waals surface area (Å²) in [7, 11) is 0. The van der Waals surface area contributed by atoms with Crippen LogP contribution in [0.1, 0.15) is 0 Å². The summed E-state index contributed by atoms with van der Waals surface area (Å²) in [5.74, 6) is 0. The fraction of sp³-hybridized carbons (Fsp3) is 0. The molecule has 8 heavy (non-hydrogen) atoms. The van der Waals surface area contributed by atoms with Crippen LogP contribution >= 0.6 is 0 Å². The molecule has 0 heterocycles. The minimum atomic E-state index is 0. The van der Waals surface area contributed by atoms with Crippen molar-refractivity contribution >= 4 is 0 Å². The van der Waals surface area contributed by atoms with Crippen LogP contribution < -0.4 is 12.4 Å². The van der Waals surface area contributed by atoms with Crippen molar-refractivity contribution in [3.63, 3.8) is 0 Å². The van der Waals surface area contributed by atoms with Gasteiger partial charge in [-0.1, -0.05) is 0 Å². The van der Waals surface area contributed by atoms with E-state index in [4.69, 9.17) is 0 Å². The van der Waals surface area contributed by atoms with Crippen molar-refractivity contribution in [3.8, 4) is 0 Å². The Balaban J connectivity index is 0. The van der Waals surface area contributed by atoms with E-state index in [0.717, 1.165) is 0 Å². The van der Waals surface area contributed by atoms with E-state index in [2.05, 4.69) is 0 Å². The number of halogens is 1. The van der Waals surface area contributed by atoms with Gasteiger partial charge in [-0.25, -0.2) is 0 Å². The van der Waals surface area contributed by atoms with Gasteiger partial charge >= 0.3 is 20.1 Å². The van der Waals surface area contributed by atoms with E-state index >= 15 is 0 Å². The van der Waals surface area contributed by atoms with Crippen LogP contribution in [0.4, 0.5) is 0 Å². The van der Waals surface area contributed by atoms with Gasteiger partial charge in [0.1, 0.15) is 0 Å². The third-order valence-corrected chi connectivity index (χ3v) is 0. The van der Waals surface area contributed by atoms with Crippen LogP contribution in [0.25, 0.3) is 36.9 Å². The van der Waals surface area contributed by atoms with Crippen molar-refractivity contribution in [1.82, 2.24) is 0 Å². The normalized spacial score (nSPS) is 0. The van der Waals surface area contributed by atoms with Gasteiger partial charge in [-0.3, -0.25) is 0 Å². The third-order valence-electron chi connectivity index (χ3n) is 0. The van der Waals surface area contributed by atoms with Crippen LogP contribution in [0, 0.1) is 0 Å². The Labute approximate surface area is 69.8 Å². The van der Waals surface area contributed by atoms with E-state index in [0.29, 0.717) is 0 Å². The van der Waals surface area contributed by atoms with Crippen molar-refractivity contribution in [2.75, 3.05) is 0 Å². The molecule has 0 amide bonds. The zero-order valence-electron chi connectivity index (χ0n) is 4.18. The van der Waals surface area contributed by atoms with Crippen molar-refractivity contribution in [2.45, 2.75) is 0 Å². The topological polar surface area (TPSA) is 201 Å². The van der Waals surface area contributed by atoms with Gasteiger partial charge in [0.25, 0.3) is 0 Å². The van der Waals surface area contributed by atoms with Crippen molar-refractivity contribution < 1.29 is 32.5 Å². The monoisotopic (exact) mass is 324 g/mol. The minimum Gasteiger partial charge on any atom is -1.00 e. The second-order valence-electron chi connectivity index (χ2n) is 0. The first-order chi connectivity index (χ1) is 0. The standard InChI is InChI=1S/ClH.Ir.6H2N/h1H;;6*1H2/q;+3;6*-1/p-1. The van der Waals surface area contributed by atoms with E-state index < -0.39 is 0 Å². The molecule has 0 aromatic rings. The SMILES string of the molecule is [Cl-].[Ir+3].[NH2-].[NH2-].[NH2-].[NH2-].[NH2-].[NH2-]. The molecule has 0 aliphatic rings. The zero-order valence-corrected chi connectivity index (χ0v) is 7.33. The van der Waals surface area contributed by atoms with Crippen LogP contribution in [0.2, 0.25) is 0 Å². The van der Waals surface area contributed by atoms with Crippen LogP contribution in [-0.4, -0.2) is 0 Å². The van der Waals surface area contributed by atoms with E-state index in [9.17, 15) is 0 Å². The second kappa shape index (κ2) is 707. The van der Waals surface area contributed by atoms with E-state index in [1.165, 1.54) is 0 Å². The molecule has 0 fully saturated rings. The van der Waals surface area contributed by atoms with Crippen molar-refractivity contribution in [3.05, 3.63) is 36.9 Å². The van der Waals surface area contributed by atoms with Crippen LogP contribution in [0.15, 0.2) is 0 Å². The summed E-state index contributed by atoms with van der Waals surface area (Å²) in [6.07, 6.45) is 0. The molecule has 0 radical (unpaired) electrons. The molecule has 0 aromatic carbocycles. The van der Waals surface area contributed by atoms with Crippen molar-refractivity contribution in [1.29, 1.82) is 0 Å². The Hall–Kier alpha value is 0.699. The number of nitrogens with two attached hydrogens (primary N) is 6. The minimum absolute atomic E-state index is 0. The Morgan fingerprint density at radius 3 is 0.375 bits per heavy atom. The molecular weight excluding hydrogens is 312 g/mol. The Morgan fingerprint density at radius 2 is 0.375 bits per heavy atom. The molecule has 0 aliphatic carbocycles. The molecule has 8 heteroatoms. The molecule has 0 unspecified atom stereocenters. The Morgan fingerprint density at radius 1 is 0.375 bits per heavy atom. The molecule has 0 saturated heterocycles. The van der Waals surface area contributed by atoms with Gasteiger partial charge < -0.3 is 49.3 Å². The fourth-order valence-electron chi connectivity index (χ4n) is 0. The summed E-state index contributed by atoms with van der Waals surface area (Å²) in [5.41, 5.74) is 0. The predicted molar refractivity (Wildman–Crippen MR) is 31.7 cm³/mol. The van der Waals surface area contributed by atoms with Crippen LogP contribution in [-0.2, 0) is 20.1 Å². The summed E-state index contributed by atoms with van der Waals surface area (Å²) < 4.78 is 0. The molecule has 0 saturated carbocycles. The summed E-state index contributed by atoms with van der Waals surface area (Å²) in [6.45, 7) is 0.